The van der Waals surface area contributed by atoms with Crippen molar-refractivity contribution in [1.82, 2.24) is 19.9 Å². The molecule has 2 aromatic heterocycles. The second kappa shape index (κ2) is 11.2. The monoisotopic (exact) mass is 509 g/mol. The van der Waals surface area contributed by atoms with Crippen LogP contribution < -0.4 is 20.3 Å². The van der Waals surface area contributed by atoms with E-state index in [-0.39, 0.29) is 5.91 Å². The third-order valence-corrected chi connectivity index (χ3v) is 6.57. The lowest BCUT2D eigenvalue weighted by Gasteiger charge is -2.35. The number of H-pyrrole nitrogens is 1. The molecule has 2 aromatic carbocycles. The SMILES string of the molecule is C=C/C=C/C(=O)Nc1cc(Nc2nccc(-c3c[nH]c4ccccc34)n2)c(OC)cc1N1CCN(C)CC1. The molecule has 0 spiro atoms. The van der Waals surface area contributed by atoms with Crippen LogP contribution in [0.2, 0.25) is 0 Å². The first-order chi connectivity index (χ1) is 18.6. The molecule has 0 bridgehead atoms. The van der Waals surface area contributed by atoms with Gasteiger partial charge in [-0.15, -0.1) is 0 Å². The Kier molecular flexibility index (Phi) is 7.37. The van der Waals surface area contributed by atoms with Crippen molar-refractivity contribution >= 4 is 39.8 Å². The lowest BCUT2D eigenvalue weighted by atomic mass is 10.1. The van der Waals surface area contributed by atoms with Gasteiger partial charge in [-0.05, 0) is 25.2 Å². The summed E-state index contributed by atoms with van der Waals surface area (Å²) in [6.45, 7) is 7.19. The highest BCUT2D eigenvalue weighted by molar-refractivity contribution is 6.02. The summed E-state index contributed by atoms with van der Waals surface area (Å²) in [7, 11) is 3.74. The zero-order valence-electron chi connectivity index (χ0n) is 21.6. The van der Waals surface area contributed by atoms with E-state index in [1.54, 1.807) is 25.5 Å². The van der Waals surface area contributed by atoms with Crippen LogP contribution in [0.4, 0.5) is 23.0 Å². The molecule has 0 radical (unpaired) electrons. The van der Waals surface area contributed by atoms with E-state index in [0.717, 1.165) is 54.0 Å². The van der Waals surface area contributed by atoms with Crippen LogP contribution in [0.5, 0.6) is 5.75 Å². The van der Waals surface area contributed by atoms with E-state index in [9.17, 15) is 4.79 Å². The van der Waals surface area contributed by atoms with E-state index in [0.29, 0.717) is 23.1 Å². The summed E-state index contributed by atoms with van der Waals surface area (Å²) in [5, 5.41) is 7.40. The third kappa shape index (κ3) is 5.37. The van der Waals surface area contributed by atoms with Gasteiger partial charge in [0, 0.05) is 67.2 Å². The Hall–Kier alpha value is -4.63. The number of aromatic nitrogens is 3. The molecule has 3 N–H and O–H groups in total. The Bertz CT molecular complexity index is 1490. The van der Waals surface area contributed by atoms with Gasteiger partial charge < -0.3 is 30.2 Å². The first kappa shape index (κ1) is 25.0. The van der Waals surface area contributed by atoms with Crippen LogP contribution in [0.15, 0.2) is 79.7 Å². The normalized spacial score (nSPS) is 14.1. The van der Waals surface area contributed by atoms with Gasteiger partial charge in [-0.25, -0.2) is 9.97 Å². The summed E-state index contributed by atoms with van der Waals surface area (Å²) in [5.74, 6) is 0.802. The highest BCUT2D eigenvalue weighted by Crippen LogP contribution is 2.39. The molecule has 9 heteroatoms. The van der Waals surface area contributed by atoms with Gasteiger partial charge in [-0.1, -0.05) is 36.9 Å². The highest BCUT2D eigenvalue weighted by atomic mass is 16.5. The number of hydrogen-bond acceptors (Lipinski definition) is 7. The first-order valence-electron chi connectivity index (χ1n) is 12.5. The van der Waals surface area contributed by atoms with E-state index >= 15 is 0 Å². The number of para-hydroxylation sites is 1. The second-order valence-electron chi connectivity index (χ2n) is 9.08. The van der Waals surface area contributed by atoms with Gasteiger partial charge in [0.1, 0.15) is 5.75 Å². The Morgan fingerprint density at radius 1 is 1.13 bits per heavy atom. The van der Waals surface area contributed by atoms with Crippen LogP contribution in [-0.2, 0) is 4.79 Å². The highest BCUT2D eigenvalue weighted by Gasteiger charge is 2.21. The van der Waals surface area contributed by atoms with Crippen molar-refractivity contribution in [1.29, 1.82) is 0 Å². The quantitative estimate of drug-likeness (QED) is 0.232. The molecular formula is C29H31N7O2. The molecule has 194 valence electrons. The second-order valence-corrected chi connectivity index (χ2v) is 9.08. The van der Waals surface area contributed by atoms with Crippen LogP contribution in [0, 0.1) is 0 Å². The number of carbonyl (C=O) groups is 1. The fourth-order valence-corrected chi connectivity index (χ4v) is 4.55. The number of piperazine rings is 1. The van der Waals surface area contributed by atoms with Crippen molar-refractivity contribution in [2.45, 2.75) is 0 Å². The number of benzene rings is 2. The molecule has 5 rings (SSSR count). The maximum Gasteiger partial charge on any atom is 0.248 e. The van der Waals surface area contributed by atoms with Gasteiger partial charge in [-0.2, -0.15) is 0 Å². The lowest BCUT2D eigenvalue weighted by molar-refractivity contribution is -0.111. The smallest absolute Gasteiger partial charge is 0.248 e. The number of nitrogens with one attached hydrogen (secondary N) is 3. The minimum atomic E-state index is -0.242. The van der Waals surface area contributed by atoms with Crippen molar-refractivity contribution in [3.63, 3.8) is 0 Å². The zero-order valence-corrected chi connectivity index (χ0v) is 21.6. The van der Waals surface area contributed by atoms with Crippen molar-refractivity contribution in [3.05, 3.63) is 79.7 Å². The number of anilines is 4. The number of aromatic amines is 1. The van der Waals surface area contributed by atoms with Gasteiger partial charge in [0.25, 0.3) is 0 Å². The molecule has 3 heterocycles. The van der Waals surface area contributed by atoms with Crippen LogP contribution in [-0.4, -0.2) is 66.1 Å². The molecule has 1 aliphatic heterocycles. The van der Waals surface area contributed by atoms with Crippen molar-refractivity contribution in [3.8, 4) is 17.0 Å². The molecule has 1 saturated heterocycles. The average molecular weight is 510 g/mol. The Morgan fingerprint density at radius 3 is 2.74 bits per heavy atom. The predicted molar refractivity (Wildman–Crippen MR) is 153 cm³/mol. The van der Waals surface area contributed by atoms with Crippen molar-refractivity contribution in [2.75, 3.05) is 55.9 Å². The van der Waals surface area contributed by atoms with E-state index in [1.165, 1.54) is 6.08 Å². The number of allylic oxidation sites excluding steroid dienone is 2. The first-order valence-corrected chi connectivity index (χ1v) is 12.5. The number of hydrogen-bond donors (Lipinski definition) is 3. The number of likely N-dealkylation sites (N-methyl/N-ethyl adjacent to an activating group) is 1. The van der Waals surface area contributed by atoms with Crippen LogP contribution in [0.1, 0.15) is 0 Å². The van der Waals surface area contributed by atoms with Crippen molar-refractivity contribution < 1.29 is 9.53 Å². The maximum absolute atomic E-state index is 12.6. The number of carbonyl (C=O) groups excluding carboxylic acids is 1. The number of fused-ring (bicyclic) bond motifs is 1. The number of rotatable bonds is 8. The van der Waals surface area contributed by atoms with Crippen LogP contribution >= 0.6 is 0 Å². The largest absolute Gasteiger partial charge is 0.494 e. The summed E-state index contributed by atoms with van der Waals surface area (Å²) in [6.07, 6.45) is 8.30. The number of nitrogens with zero attached hydrogens (tertiary/aromatic N) is 4. The summed E-state index contributed by atoms with van der Waals surface area (Å²) >= 11 is 0. The molecule has 9 nitrogen and oxygen atoms in total. The number of methoxy groups -OCH3 is 1. The number of ether oxygens (including phenoxy) is 1. The summed E-state index contributed by atoms with van der Waals surface area (Å²) in [4.78, 5) is 29.7. The average Bonchev–Trinajstić information content (AvgIpc) is 3.37. The molecule has 1 amide bonds. The third-order valence-electron chi connectivity index (χ3n) is 6.57. The van der Waals surface area contributed by atoms with Gasteiger partial charge >= 0.3 is 0 Å². The van der Waals surface area contributed by atoms with Crippen molar-refractivity contribution in [2.24, 2.45) is 0 Å². The zero-order chi connectivity index (χ0) is 26.5. The molecular weight excluding hydrogens is 478 g/mol. The standard InChI is InChI=1S/C29H31N7O2/c1-4-5-10-28(37)32-24-17-25(27(38-3)18-26(24)36-15-13-35(2)14-16-36)34-29-30-12-11-23(33-29)21-19-31-22-9-7-6-8-20(21)22/h4-12,17-19,31H,1,13-16H2,2-3H3,(H,32,37)(H,30,33,34)/b10-5+. The fourth-order valence-electron chi connectivity index (χ4n) is 4.55. The molecule has 0 saturated carbocycles. The Morgan fingerprint density at radius 2 is 1.95 bits per heavy atom. The minimum Gasteiger partial charge on any atom is -0.494 e. The van der Waals surface area contributed by atoms with Crippen LogP contribution in [0.3, 0.4) is 0 Å². The van der Waals surface area contributed by atoms with Gasteiger partial charge in [0.2, 0.25) is 11.9 Å². The molecule has 0 atom stereocenters. The number of amides is 1. The Balaban J connectivity index is 1.49. The van der Waals surface area contributed by atoms with Gasteiger partial charge in [0.15, 0.2) is 0 Å². The molecule has 4 aromatic rings. The molecule has 0 aliphatic carbocycles. The minimum absolute atomic E-state index is 0.242. The molecule has 0 unspecified atom stereocenters. The lowest BCUT2D eigenvalue weighted by Crippen LogP contribution is -2.44. The van der Waals surface area contributed by atoms with E-state index < -0.39 is 0 Å². The summed E-state index contributed by atoms with van der Waals surface area (Å²) in [6, 6.07) is 13.8. The fraction of sp³-hybridized carbons (Fsp3) is 0.207. The van der Waals surface area contributed by atoms with Crippen LogP contribution in [0.25, 0.3) is 22.2 Å². The van der Waals surface area contributed by atoms with E-state index in [4.69, 9.17) is 9.72 Å². The van der Waals surface area contributed by atoms with Gasteiger partial charge in [0.05, 0.1) is 29.9 Å². The molecule has 38 heavy (non-hydrogen) atoms. The van der Waals surface area contributed by atoms with E-state index in [2.05, 4.69) is 50.1 Å². The Labute approximate surface area is 221 Å². The maximum atomic E-state index is 12.6. The predicted octanol–water partition coefficient (Wildman–Crippen LogP) is 4.81. The van der Waals surface area contributed by atoms with Gasteiger partial charge in [-0.3, -0.25) is 4.79 Å². The molecule has 1 fully saturated rings. The van der Waals surface area contributed by atoms with E-state index in [1.807, 2.05) is 42.6 Å². The molecule has 1 aliphatic rings. The summed E-state index contributed by atoms with van der Waals surface area (Å²) in [5.41, 5.74) is 5.03. The summed E-state index contributed by atoms with van der Waals surface area (Å²) < 4.78 is 5.76. The topological polar surface area (TPSA) is 98.4 Å².